The Bertz CT molecular complexity index is 450. The molecule has 0 bridgehead atoms. The van der Waals surface area contributed by atoms with Crippen LogP contribution in [0, 0.1) is 0 Å². The molecule has 6 nitrogen and oxygen atoms in total. The second kappa shape index (κ2) is 5.62. The summed E-state index contributed by atoms with van der Waals surface area (Å²) < 4.78 is 12.8. The lowest BCUT2D eigenvalue weighted by Gasteiger charge is -2.23. The smallest absolute Gasteiger partial charge is 0.241 e. The molecule has 1 saturated heterocycles. The number of hydrogen-bond donors (Lipinski definition) is 2. The number of nitrogens with one attached hydrogen (secondary N) is 1. The van der Waals surface area contributed by atoms with E-state index >= 15 is 0 Å². The minimum atomic E-state index is -0.715. The average molecular weight is 270 g/mol. The molecule has 2 heterocycles. The van der Waals surface area contributed by atoms with E-state index in [0.717, 1.165) is 12.8 Å². The van der Waals surface area contributed by atoms with Crippen molar-refractivity contribution in [1.29, 1.82) is 0 Å². The monoisotopic (exact) mass is 270 g/mol. The van der Waals surface area contributed by atoms with Gasteiger partial charge in [-0.3, -0.25) is 13.7 Å². The Hall–Kier alpha value is -1.21. The third-order valence-electron chi connectivity index (χ3n) is 3.10. The Kier molecular flexibility index (Phi) is 4.13. The molecule has 1 amide bonds. The largest absolute Gasteiger partial charge is 0.352 e. The third kappa shape index (κ3) is 3.17. The molecule has 0 spiro atoms. The van der Waals surface area contributed by atoms with Crippen molar-refractivity contribution >= 4 is 16.7 Å². The molecule has 1 aromatic heterocycles. The summed E-state index contributed by atoms with van der Waals surface area (Å²) in [5.41, 5.74) is 6.57. The highest BCUT2D eigenvalue weighted by Gasteiger charge is 2.23. The third-order valence-corrected chi connectivity index (χ3v) is 4.48. The Morgan fingerprint density at radius 1 is 1.61 bits per heavy atom. The van der Waals surface area contributed by atoms with Crippen LogP contribution in [-0.4, -0.2) is 37.4 Å². The van der Waals surface area contributed by atoms with E-state index in [1.54, 1.807) is 24.1 Å². The molecule has 3 N–H and O–H groups in total. The second-order valence-corrected chi connectivity index (χ2v) is 6.25. The number of amides is 1. The molecule has 0 aliphatic carbocycles. The summed E-state index contributed by atoms with van der Waals surface area (Å²) in [7, 11) is 1.07. The van der Waals surface area contributed by atoms with Gasteiger partial charge in [-0.15, -0.1) is 0 Å². The highest BCUT2D eigenvalue weighted by atomic mass is 32.2. The van der Waals surface area contributed by atoms with Crippen LogP contribution in [0.4, 0.5) is 0 Å². The normalized spacial score (nSPS) is 25.7. The Labute approximate surface area is 108 Å². The van der Waals surface area contributed by atoms with Crippen LogP contribution in [-0.2, 0) is 22.6 Å². The Morgan fingerprint density at radius 2 is 2.28 bits per heavy atom. The van der Waals surface area contributed by atoms with Gasteiger partial charge in [0.05, 0.1) is 6.20 Å². The molecular formula is C11H18N4O2S. The number of carbonyl (C=O) groups excluding carboxylic acids is 1. The SMILES string of the molecule is Cn1cc(C(N)C(=O)NC2CCS(=O)CC2)cn1. The van der Waals surface area contributed by atoms with E-state index in [9.17, 15) is 9.00 Å². The van der Waals surface area contributed by atoms with Crippen molar-refractivity contribution in [3.63, 3.8) is 0 Å². The quantitative estimate of drug-likeness (QED) is 0.771. The number of rotatable bonds is 3. The van der Waals surface area contributed by atoms with Crippen molar-refractivity contribution in [3.8, 4) is 0 Å². The first-order chi connectivity index (χ1) is 8.56. The van der Waals surface area contributed by atoms with Gasteiger partial charge in [0.25, 0.3) is 0 Å². The van der Waals surface area contributed by atoms with Crippen LogP contribution in [0.15, 0.2) is 12.4 Å². The summed E-state index contributed by atoms with van der Waals surface area (Å²) in [6.07, 6.45) is 4.86. The highest BCUT2D eigenvalue weighted by Crippen LogP contribution is 2.12. The molecule has 0 aromatic carbocycles. The zero-order chi connectivity index (χ0) is 13.1. The van der Waals surface area contributed by atoms with Crippen LogP contribution >= 0.6 is 0 Å². The van der Waals surface area contributed by atoms with Crippen LogP contribution in [0.5, 0.6) is 0 Å². The lowest BCUT2D eigenvalue weighted by atomic mass is 10.1. The van der Waals surface area contributed by atoms with Crippen LogP contribution in [0.3, 0.4) is 0 Å². The summed E-state index contributed by atoms with van der Waals surface area (Å²) >= 11 is 0. The van der Waals surface area contributed by atoms with E-state index < -0.39 is 16.8 Å². The second-order valence-electron chi connectivity index (χ2n) is 4.56. The zero-order valence-corrected chi connectivity index (χ0v) is 11.2. The van der Waals surface area contributed by atoms with Gasteiger partial charge in [0.2, 0.25) is 5.91 Å². The Balaban J connectivity index is 1.89. The number of nitrogens with two attached hydrogens (primary N) is 1. The summed E-state index contributed by atoms with van der Waals surface area (Å²) in [5, 5.41) is 6.90. The van der Waals surface area contributed by atoms with E-state index in [2.05, 4.69) is 10.4 Å². The molecule has 2 rings (SSSR count). The minimum absolute atomic E-state index is 0.0953. The first-order valence-corrected chi connectivity index (χ1v) is 7.44. The van der Waals surface area contributed by atoms with Gasteiger partial charge < -0.3 is 11.1 Å². The maximum Gasteiger partial charge on any atom is 0.241 e. The fraction of sp³-hybridized carbons (Fsp3) is 0.636. The molecule has 1 aromatic rings. The molecular weight excluding hydrogens is 252 g/mol. The molecule has 100 valence electrons. The van der Waals surface area contributed by atoms with Crippen molar-refractivity contribution in [2.24, 2.45) is 12.8 Å². The lowest BCUT2D eigenvalue weighted by molar-refractivity contribution is -0.123. The van der Waals surface area contributed by atoms with Crippen molar-refractivity contribution in [3.05, 3.63) is 18.0 Å². The highest BCUT2D eigenvalue weighted by molar-refractivity contribution is 7.85. The molecule has 1 aliphatic rings. The molecule has 0 saturated carbocycles. The lowest BCUT2D eigenvalue weighted by Crippen LogP contribution is -2.43. The summed E-state index contributed by atoms with van der Waals surface area (Å²) in [6.45, 7) is 0. The topological polar surface area (TPSA) is 90.0 Å². The van der Waals surface area contributed by atoms with Crippen LogP contribution < -0.4 is 11.1 Å². The molecule has 1 unspecified atom stereocenters. The molecule has 1 fully saturated rings. The van der Waals surface area contributed by atoms with Gasteiger partial charge in [0, 0.05) is 47.2 Å². The summed E-state index contributed by atoms with van der Waals surface area (Å²) in [5.74, 6) is 1.13. The van der Waals surface area contributed by atoms with E-state index in [0.29, 0.717) is 17.1 Å². The number of aryl methyl sites for hydroxylation is 1. The van der Waals surface area contributed by atoms with Gasteiger partial charge in [0.1, 0.15) is 6.04 Å². The first-order valence-electron chi connectivity index (χ1n) is 5.95. The molecule has 18 heavy (non-hydrogen) atoms. The predicted molar refractivity (Wildman–Crippen MR) is 69.2 cm³/mol. The van der Waals surface area contributed by atoms with Gasteiger partial charge in [-0.05, 0) is 12.8 Å². The number of aromatic nitrogens is 2. The van der Waals surface area contributed by atoms with E-state index in [1.807, 2.05) is 0 Å². The molecule has 1 atom stereocenters. The maximum absolute atomic E-state index is 12.0. The van der Waals surface area contributed by atoms with E-state index in [4.69, 9.17) is 5.73 Å². The van der Waals surface area contributed by atoms with Crippen molar-refractivity contribution in [1.82, 2.24) is 15.1 Å². The van der Waals surface area contributed by atoms with Crippen molar-refractivity contribution in [2.45, 2.75) is 24.9 Å². The van der Waals surface area contributed by atoms with Crippen LogP contribution in [0.1, 0.15) is 24.4 Å². The van der Waals surface area contributed by atoms with Gasteiger partial charge in [0.15, 0.2) is 0 Å². The first kappa shape index (κ1) is 13.2. The maximum atomic E-state index is 12.0. The van der Waals surface area contributed by atoms with E-state index in [1.165, 1.54) is 0 Å². The fourth-order valence-corrected chi connectivity index (χ4v) is 3.28. The zero-order valence-electron chi connectivity index (χ0n) is 10.3. The van der Waals surface area contributed by atoms with Crippen molar-refractivity contribution < 1.29 is 9.00 Å². The minimum Gasteiger partial charge on any atom is -0.352 e. The van der Waals surface area contributed by atoms with Crippen LogP contribution in [0.25, 0.3) is 0 Å². The standard InChI is InChI=1S/C11H18N4O2S/c1-15-7-8(6-13-15)10(12)11(16)14-9-2-4-18(17)5-3-9/h6-7,9-10H,2-5,12H2,1H3,(H,14,16). The average Bonchev–Trinajstić information content (AvgIpc) is 2.78. The molecule has 1 aliphatic heterocycles. The van der Waals surface area contributed by atoms with Crippen LogP contribution in [0.2, 0.25) is 0 Å². The van der Waals surface area contributed by atoms with Gasteiger partial charge >= 0.3 is 0 Å². The van der Waals surface area contributed by atoms with Gasteiger partial charge in [-0.1, -0.05) is 0 Å². The van der Waals surface area contributed by atoms with Crippen molar-refractivity contribution in [2.75, 3.05) is 11.5 Å². The summed E-state index contributed by atoms with van der Waals surface area (Å²) in [4.78, 5) is 12.0. The number of carbonyl (C=O) groups is 1. The summed E-state index contributed by atoms with van der Waals surface area (Å²) in [6, 6.07) is -0.593. The molecule has 7 heteroatoms. The predicted octanol–water partition coefficient (Wildman–Crippen LogP) is -0.553. The van der Waals surface area contributed by atoms with Gasteiger partial charge in [-0.2, -0.15) is 5.10 Å². The van der Waals surface area contributed by atoms with Gasteiger partial charge in [-0.25, -0.2) is 0 Å². The Morgan fingerprint density at radius 3 is 2.83 bits per heavy atom. The fourth-order valence-electron chi connectivity index (χ4n) is 1.98. The van der Waals surface area contributed by atoms with E-state index in [-0.39, 0.29) is 11.9 Å². The molecule has 0 radical (unpaired) electrons. The number of nitrogens with zero attached hydrogens (tertiary/aromatic N) is 2. The number of hydrogen-bond acceptors (Lipinski definition) is 4.